The number of hydrogen-bond donors (Lipinski definition) is 1. The highest BCUT2D eigenvalue weighted by Gasteiger charge is 2.07. The highest BCUT2D eigenvalue weighted by molar-refractivity contribution is 5.64. The van der Waals surface area contributed by atoms with E-state index in [1.165, 1.54) is 4.90 Å². The molecule has 19 heavy (non-hydrogen) atoms. The molecule has 1 aromatic rings. The number of aryl methyl sites for hydroxylation is 1. The number of rotatable bonds is 8. The molecule has 0 aliphatic carbocycles. The van der Waals surface area contributed by atoms with Gasteiger partial charge in [0.25, 0.3) is 0 Å². The summed E-state index contributed by atoms with van der Waals surface area (Å²) in [4.78, 5) is 11.8. The van der Waals surface area contributed by atoms with Gasteiger partial charge in [0.05, 0.1) is 21.2 Å². The van der Waals surface area contributed by atoms with E-state index in [0.717, 1.165) is 12.1 Å². The van der Waals surface area contributed by atoms with E-state index in [2.05, 4.69) is 14.1 Å². The largest absolute Gasteiger partial charge is 0.550 e. The molecule has 106 valence electrons. The first-order valence-electron chi connectivity index (χ1n) is 6.31. The Balaban J connectivity index is 2.69. The molecule has 0 amide bonds. The fraction of sp³-hybridized carbons (Fsp3) is 0.500. The van der Waals surface area contributed by atoms with Gasteiger partial charge in [0.15, 0.2) is 11.5 Å². The Morgan fingerprint density at radius 2 is 2.05 bits per heavy atom. The van der Waals surface area contributed by atoms with Gasteiger partial charge in [0, 0.05) is 5.97 Å². The van der Waals surface area contributed by atoms with Crippen molar-refractivity contribution in [2.75, 3.05) is 34.4 Å². The normalized spacial score (nSPS) is 10.5. The maximum Gasteiger partial charge on any atom is 0.161 e. The van der Waals surface area contributed by atoms with Crippen molar-refractivity contribution in [1.29, 1.82) is 0 Å². The van der Waals surface area contributed by atoms with Crippen LogP contribution in [0.25, 0.3) is 0 Å². The van der Waals surface area contributed by atoms with Crippen LogP contribution in [0, 0.1) is 0 Å². The Hall–Kier alpha value is -1.75. The molecule has 0 aliphatic heterocycles. The number of hydrogen-bond acceptors (Lipinski definition) is 4. The first-order valence-corrected chi connectivity index (χ1v) is 6.31. The van der Waals surface area contributed by atoms with Crippen LogP contribution in [-0.2, 0) is 11.2 Å². The standard InChI is InChI=1S/C14H21NO4/c1-15(2)8-9-19-13-10-11(5-7-14(16)17)4-6-12(13)18-3/h4,6,10H,5,7-9H2,1-3H3,(H,16,17). The molecule has 5 heteroatoms. The highest BCUT2D eigenvalue weighted by Crippen LogP contribution is 2.28. The van der Waals surface area contributed by atoms with Crippen molar-refractivity contribution in [2.45, 2.75) is 12.8 Å². The van der Waals surface area contributed by atoms with Gasteiger partial charge >= 0.3 is 0 Å². The lowest BCUT2D eigenvalue weighted by Crippen LogP contribution is -3.06. The van der Waals surface area contributed by atoms with Crippen LogP contribution >= 0.6 is 0 Å². The summed E-state index contributed by atoms with van der Waals surface area (Å²) < 4.78 is 10.9. The zero-order valence-electron chi connectivity index (χ0n) is 11.7. The molecular weight excluding hydrogens is 246 g/mol. The number of benzene rings is 1. The number of aliphatic carboxylic acids is 1. The second-order valence-electron chi connectivity index (χ2n) is 4.66. The van der Waals surface area contributed by atoms with Gasteiger partial charge in [0.2, 0.25) is 0 Å². The summed E-state index contributed by atoms with van der Waals surface area (Å²) in [5.41, 5.74) is 0.900. The Morgan fingerprint density at radius 3 is 2.63 bits per heavy atom. The van der Waals surface area contributed by atoms with Crippen molar-refractivity contribution in [3.63, 3.8) is 0 Å². The third-order valence-electron chi connectivity index (χ3n) is 2.71. The molecule has 0 heterocycles. The second-order valence-corrected chi connectivity index (χ2v) is 4.66. The van der Waals surface area contributed by atoms with E-state index in [9.17, 15) is 9.90 Å². The zero-order valence-corrected chi connectivity index (χ0v) is 11.7. The van der Waals surface area contributed by atoms with Crippen molar-refractivity contribution in [3.8, 4) is 11.5 Å². The summed E-state index contributed by atoms with van der Waals surface area (Å²) in [5.74, 6) is 0.264. The predicted octanol–water partition coefficient (Wildman–Crippen LogP) is -1.10. The Kier molecular flexibility index (Phi) is 6.15. The summed E-state index contributed by atoms with van der Waals surface area (Å²) >= 11 is 0. The number of methoxy groups -OCH3 is 1. The maximum atomic E-state index is 10.5. The van der Waals surface area contributed by atoms with E-state index in [-0.39, 0.29) is 6.42 Å². The van der Waals surface area contributed by atoms with Crippen LogP contribution in [0.1, 0.15) is 12.0 Å². The van der Waals surface area contributed by atoms with Crippen molar-refractivity contribution >= 4 is 5.97 Å². The maximum absolute atomic E-state index is 10.5. The molecule has 0 saturated heterocycles. The van der Waals surface area contributed by atoms with Crippen LogP contribution in [0.3, 0.4) is 0 Å². The highest BCUT2D eigenvalue weighted by atomic mass is 16.5. The number of carbonyl (C=O) groups excluding carboxylic acids is 1. The lowest BCUT2D eigenvalue weighted by molar-refractivity contribution is -0.858. The van der Waals surface area contributed by atoms with Crippen LogP contribution in [0.15, 0.2) is 18.2 Å². The Labute approximate surface area is 113 Å². The molecule has 1 aromatic carbocycles. The zero-order chi connectivity index (χ0) is 14.3. The number of quaternary nitrogens is 1. The average molecular weight is 267 g/mol. The molecule has 0 spiro atoms. The van der Waals surface area contributed by atoms with E-state index >= 15 is 0 Å². The van der Waals surface area contributed by atoms with Gasteiger partial charge in [-0.05, 0) is 30.5 Å². The minimum atomic E-state index is -1.05. The molecular formula is C14H21NO4. The molecule has 0 aliphatic rings. The lowest BCUT2D eigenvalue weighted by atomic mass is 10.1. The quantitative estimate of drug-likeness (QED) is 0.649. The number of ether oxygens (including phenoxy) is 2. The van der Waals surface area contributed by atoms with Crippen molar-refractivity contribution in [1.82, 2.24) is 0 Å². The van der Waals surface area contributed by atoms with Crippen LogP contribution in [0.5, 0.6) is 11.5 Å². The van der Waals surface area contributed by atoms with Crippen LogP contribution in [0.2, 0.25) is 0 Å². The molecule has 0 radical (unpaired) electrons. The van der Waals surface area contributed by atoms with Gasteiger partial charge in [-0.2, -0.15) is 0 Å². The molecule has 0 atom stereocenters. The third kappa shape index (κ3) is 5.61. The first kappa shape index (κ1) is 15.3. The SMILES string of the molecule is COc1ccc(CCC(=O)[O-])cc1OCC[NH+](C)C. The molecule has 0 saturated carbocycles. The molecule has 1 N–H and O–H groups in total. The molecule has 0 aromatic heterocycles. The Bertz CT molecular complexity index is 418. The third-order valence-corrected chi connectivity index (χ3v) is 2.71. The number of carboxylic acid groups (broad SMARTS) is 1. The first-order chi connectivity index (χ1) is 9.02. The van der Waals surface area contributed by atoms with Crippen LogP contribution < -0.4 is 19.5 Å². The molecule has 1 rings (SSSR count). The van der Waals surface area contributed by atoms with E-state index in [0.29, 0.717) is 24.5 Å². The topological polar surface area (TPSA) is 63.0 Å². The fourth-order valence-corrected chi connectivity index (χ4v) is 1.60. The van der Waals surface area contributed by atoms with Crippen molar-refractivity contribution in [3.05, 3.63) is 23.8 Å². The minimum Gasteiger partial charge on any atom is -0.550 e. The number of nitrogens with one attached hydrogen (secondary N) is 1. The van der Waals surface area contributed by atoms with E-state index < -0.39 is 5.97 Å². The van der Waals surface area contributed by atoms with Gasteiger partial charge in [-0.15, -0.1) is 0 Å². The van der Waals surface area contributed by atoms with Gasteiger partial charge < -0.3 is 24.3 Å². The van der Waals surface area contributed by atoms with E-state index in [1.54, 1.807) is 13.2 Å². The minimum absolute atomic E-state index is 0.00755. The van der Waals surface area contributed by atoms with Gasteiger partial charge in [-0.3, -0.25) is 0 Å². The number of carbonyl (C=O) groups is 1. The summed E-state index contributed by atoms with van der Waals surface area (Å²) in [7, 11) is 5.69. The summed E-state index contributed by atoms with van der Waals surface area (Å²) in [6.07, 6.45) is 0.440. The van der Waals surface area contributed by atoms with E-state index in [4.69, 9.17) is 9.47 Å². The predicted molar refractivity (Wildman–Crippen MR) is 69.5 cm³/mol. The second kappa shape index (κ2) is 7.63. The lowest BCUT2D eigenvalue weighted by Gasteiger charge is -2.13. The van der Waals surface area contributed by atoms with Crippen molar-refractivity contribution < 1.29 is 24.3 Å². The Morgan fingerprint density at radius 1 is 1.32 bits per heavy atom. The summed E-state index contributed by atoms with van der Waals surface area (Å²) in [6.45, 7) is 1.47. The van der Waals surface area contributed by atoms with E-state index in [1.807, 2.05) is 12.1 Å². The fourth-order valence-electron chi connectivity index (χ4n) is 1.60. The van der Waals surface area contributed by atoms with Gasteiger partial charge in [-0.25, -0.2) is 0 Å². The average Bonchev–Trinajstić information content (AvgIpc) is 2.36. The van der Waals surface area contributed by atoms with Gasteiger partial charge in [0.1, 0.15) is 13.2 Å². The molecule has 0 bridgehead atoms. The van der Waals surface area contributed by atoms with Gasteiger partial charge in [-0.1, -0.05) is 6.07 Å². The van der Waals surface area contributed by atoms with Crippen LogP contribution in [-0.4, -0.2) is 40.3 Å². The van der Waals surface area contributed by atoms with Crippen LogP contribution in [0.4, 0.5) is 0 Å². The molecule has 0 fully saturated rings. The number of carboxylic acids is 1. The monoisotopic (exact) mass is 267 g/mol. The molecule has 5 nitrogen and oxygen atoms in total. The summed E-state index contributed by atoms with van der Waals surface area (Å²) in [5, 5.41) is 10.5. The van der Waals surface area contributed by atoms with Crippen molar-refractivity contribution in [2.24, 2.45) is 0 Å². The molecule has 0 unspecified atom stereocenters. The smallest absolute Gasteiger partial charge is 0.161 e. The number of likely N-dealkylation sites (N-methyl/N-ethyl adjacent to an activating group) is 1. The summed E-state index contributed by atoms with van der Waals surface area (Å²) in [6, 6.07) is 5.46.